The standard InChI is InChI=1S/C18H26N4/c1-18(2)15-7-5-6-8-16(15)21(4)17(18)9-10-19-22-13-11-20(3)12-14-22/h5-10H,11-14H2,1-4H3/b17-9+,19-10+. The third kappa shape index (κ3) is 2.63. The predicted molar refractivity (Wildman–Crippen MR) is 93.5 cm³/mol. The smallest absolute Gasteiger partial charge is 0.0488 e. The van der Waals surface area contributed by atoms with Gasteiger partial charge in [0, 0.05) is 56.2 Å². The molecule has 1 fully saturated rings. The van der Waals surface area contributed by atoms with Crippen molar-refractivity contribution in [2.45, 2.75) is 19.3 Å². The van der Waals surface area contributed by atoms with Crippen LogP contribution in [-0.2, 0) is 5.41 Å². The van der Waals surface area contributed by atoms with Gasteiger partial charge in [-0.2, -0.15) is 5.10 Å². The number of piperazine rings is 1. The zero-order valence-electron chi connectivity index (χ0n) is 14.1. The van der Waals surface area contributed by atoms with E-state index in [1.165, 1.54) is 16.9 Å². The van der Waals surface area contributed by atoms with E-state index in [2.05, 4.69) is 78.2 Å². The van der Waals surface area contributed by atoms with Gasteiger partial charge in [-0.1, -0.05) is 32.0 Å². The molecule has 2 aliphatic heterocycles. The number of benzene rings is 1. The lowest BCUT2D eigenvalue weighted by molar-refractivity contribution is 0.159. The van der Waals surface area contributed by atoms with Gasteiger partial charge >= 0.3 is 0 Å². The number of fused-ring (bicyclic) bond motifs is 1. The Balaban J connectivity index is 1.77. The van der Waals surface area contributed by atoms with E-state index in [1.54, 1.807) is 0 Å². The van der Waals surface area contributed by atoms with Gasteiger partial charge in [0.25, 0.3) is 0 Å². The van der Waals surface area contributed by atoms with Crippen molar-refractivity contribution in [2.75, 3.05) is 45.2 Å². The Morgan fingerprint density at radius 1 is 1.05 bits per heavy atom. The van der Waals surface area contributed by atoms with Crippen LogP contribution in [0.2, 0.25) is 0 Å². The fourth-order valence-electron chi connectivity index (χ4n) is 3.41. The molecule has 1 aromatic rings. The van der Waals surface area contributed by atoms with Gasteiger partial charge in [-0.3, -0.25) is 5.01 Å². The molecule has 2 heterocycles. The Bertz CT molecular complexity index is 595. The lowest BCUT2D eigenvalue weighted by atomic mass is 9.84. The Hall–Kier alpha value is -1.81. The summed E-state index contributed by atoms with van der Waals surface area (Å²) in [5, 5.41) is 6.78. The van der Waals surface area contributed by atoms with Crippen molar-refractivity contribution < 1.29 is 0 Å². The number of anilines is 1. The average molecular weight is 298 g/mol. The molecule has 1 saturated heterocycles. The van der Waals surface area contributed by atoms with Gasteiger partial charge in [-0.05, 0) is 24.8 Å². The van der Waals surface area contributed by atoms with Crippen LogP contribution in [0, 0.1) is 0 Å². The third-order valence-electron chi connectivity index (χ3n) is 4.88. The number of nitrogens with zero attached hydrogens (tertiary/aromatic N) is 4. The topological polar surface area (TPSA) is 22.1 Å². The number of para-hydroxylation sites is 1. The lowest BCUT2D eigenvalue weighted by Gasteiger charge is -2.30. The fraction of sp³-hybridized carbons (Fsp3) is 0.500. The molecule has 2 aliphatic rings. The van der Waals surface area contributed by atoms with Crippen LogP contribution in [0.15, 0.2) is 41.1 Å². The molecule has 118 valence electrons. The van der Waals surface area contributed by atoms with Gasteiger partial charge < -0.3 is 9.80 Å². The number of hydrogen-bond donors (Lipinski definition) is 0. The van der Waals surface area contributed by atoms with Gasteiger partial charge in [0.05, 0.1) is 0 Å². The van der Waals surface area contributed by atoms with Crippen LogP contribution >= 0.6 is 0 Å². The van der Waals surface area contributed by atoms with Crippen LogP contribution in [0.1, 0.15) is 19.4 Å². The van der Waals surface area contributed by atoms with E-state index < -0.39 is 0 Å². The maximum atomic E-state index is 4.62. The highest BCUT2D eigenvalue weighted by molar-refractivity contribution is 5.79. The second-order valence-corrected chi connectivity index (χ2v) is 6.77. The Kier molecular flexibility index (Phi) is 3.96. The summed E-state index contributed by atoms with van der Waals surface area (Å²) in [6.07, 6.45) is 4.13. The summed E-state index contributed by atoms with van der Waals surface area (Å²) >= 11 is 0. The van der Waals surface area contributed by atoms with E-state index in [4.69, 9.17) is 0 Å². The molecule has 4 heteroatoms. The summed E-state index contributed by atoms with van der Waals surface area (Å²) in [6.45, 7) is 8.76. The molecule has 0 amide bonds. The second-order valence-electron chi connectivity index (χ2n) is 6.77. The number of rotatable bonds is 2. The van der Waals surface area contributed by atoms with E-state index in [1.807, 2.05) is 6.21 Å². The van der Waals surface area contributed by atoms with E-state index in [0.717, 1.165) is 26.2 Å². The molecule has 1 aromatic carbocycles. The highest BCUT2D eigenvalue weighted by Crippen LogP contribution is 2.46. The van der Waals surface area contributed by atoms with Crippen LogP contribution in [0.5, 0.6) is 0 Å². The maximum absolute atomic E-state index is 4.62. The first-order valence-electron chi connectivity index (χ1n) is 8.01. The van der Waals surface area contributed by atoms with Gasteiger partial charge in [0.2, 0.25) is 0 Å². The van der Waals surface area contributed by atoms with Gasteiger partial charge in [-0.15, -0.1) is 0 Å². The summed E-state index contributed by atoms with van der Waals surface area (Å²) in [4.78, 5) is 4.63. The summed E-state index contributed by atoms with van der Waals surface area (Å²) < 4.78 is 0. The quantitative estimate of drug-likeness (QED) is 0.783. The first kappa shape index (κ1) is 15.1. The molecule has 0 spiro atoms. The molecule has 4 nitrogen and oxygen atoms in total. The minimum atomic E-state index is 0.0273. The first-order valence-corrected chi connectivity index (χ1v) is 8.01. The summed E-state index contributed by atoms with van der Waals surface area (Å²) in [5.74, 6) is 0. The Morgan fingerprint density at radius 3 is 2.41 bits per heavy atom. The van der Waals surface area contributed by atoms with Crippen LogP contribution in [0.3, 0.4) is 0 Å². The predicted octanol–water partition coefficient (Wildman–Crippen LogP) is 2.53. The SMILES string of the molecule is CN1CCN(/N=C/C=C2/N(C)c3ccccc3C2(C)C)CC1. The molecule has 0 unspecified atom stereocenters. The zero-order chi connectivity index (χ0) is 15.7. The largest absolute Gasteiger partial charge is 0.347 e. The number of likely N-dealkylation sites (N-methyl/N-ethyl adjacent to an activating group) is 2. The minimum Gasteiger partial charge on any atom is -0.347 e. The fourth-order valence-corrected chi connectivity index (χ4v) is 3.41. The van der Waals surface area contributed by atoms with Crippen molar-refractivity contribution in [3.63, 3.8) is 0 Å². The molecule has 22 heavy (non-hydrogen) atoms. The van der Waals surface area contributed by atoms with Crippen molar-refractivity contribution in [3.8, 4) is 0 Å². The minimum absolute atomic E-state index is 0.0273. The maximum Gasteiger partial charge on any atom is 0.0488 e. The summed E-state index contributed by atoms with van der Waals surface area (Å²) in [7, 11) is 4.30. The van der Waals surface area contributed by atoms with Crippen molar-refractivity contribution >= 4 is 11.9 Å². The summed E-state index contributed by atoms with van der Waals surface area (Å²) in [6, 6.07) is 8.64. The molecular formula is C18H26N4. The third-order valence-corrected chi connectivity index (χ3v) is 4.88. The molecule has 0 N–H and O–H groups in total. The normalized spacial score (nSPS) is 23.5. The van der Waals surface area contributed by atoms with Crippen LogP contribution < -0.4 is 4.90 Å². The van der Waals surface area contributed by atoms with E-state index in [-0.39, 0.29) is 5.41 Å². The van der Waals surface area contributed by atoms with Crippen molar-refractivity contribution in [1.82, 2.24) is 9.91 Å². The zero-order valence-corrected chi connectivity index (χ0v) is 14.1. The summed E-state index contributed by atoms with van der Waals surface area (Å²) in [5.41, 5.74) is 4.01. The van der Waals surface area contributed by atoms with Crippen LogP contribution in [0.4, 0.5) is 5.69 Å². The molecule has 0 aliphatic carbocycles. The van der Waals surface area contributed by atoms with Gasteiger partial charge in [0.15, 0.2) is 0 Å². The van der Waals surface area contributed by atoms with E-state index in [9.17, 15) is 0 Å². The lowest BCUT2D eigenvalue weighted by Crippen LogP contribution is -2.41. The van der Waals surface area contributed by atoms with Crippen LogP contribution in [0.25, 0.3) is 0 Å². The second kappa shape index (κ2) is 5.76. The van der Waals surface area contributed by atoms with Gasteiger partial charge in [0.1, 0.15) is 0 Å². The highest BCUT2D eigenvalue weighted by atomic mass is 15.5. The first-order chi connectivity index (χ1) is 10.5. The Morgan fingerprint density at radius 2 is 1.73 bits per heavy atom. The molecular weight excluding hydrogens is 272 g/mol. The molecule has 0 radical (unpaired) electrons. The van der Waals surface area contributed by atoms with Gasteiger partial charge in [-0.25, -0.2) is 0 Å². The number of hydrogen-bond acceptors (Lipinski definition) is 4. The average Bonchev–Trinajstić information content (AvgIpc) is 2.70. The Labute approximate surface area is 133 Å². The molecule has 3 rings (SSSR count). The molecule has 0 bridgehead atoms. The molecule has 0 aromatic heterocycles. The monoisotopic (exact) mass is 298 g/mol. The van der Waals surface area contributed by atoms with Crippen molar-refractivity contribution in [1.29, 1.82) is 0 Å². The van der Waals surface area contributed by atoms with E-state index in [0.29, 0.717) is 0 Å². The number of allylic oxidation sites excluding steroid dienone is 2. The molecule has 0 saturated carbocycles. The highest BCUT2D eigenvalue weighted by Gasteiger charge is 2.37. The van der Waals surface area contributed by atoms with Crippen molar-refractivity contribution in [2.24, 2.45) is 5.10 Å². The van der Waals surface area contributed by atoms with Crippen LogP contribution in [-0.4, -0.2) is 56.4 Å². The molecule has 0 atom stereocenters. The number of hydrazone groups is 1. The van der Waals surface area contributed by atoms with Crippen molar-refractivity contribution in [3.05, 3.63) is 41.6 Å². The van der Waals surface area contributed by atoms with E-state index >= 15 is 0 Å².